The number of ketones is 1. The smallest absolute Gasteiger partial charge is 0.227 e. The maximum Gasteiger partial charge on any atom is 0.227 e. The van der Waals surface area contributed by atoms with Crippen molar-refractivity contribution in [2.75, 3.05) is 10.2 Å². The molecule has 0 spiro atoms. The topological polar surface area (TPSA) is 102 Å². The Morgan fingerprint density at radius 1 is 0.578 bits per heavy atom. The van der Waals surface area contributed by atoms with Crippen LogP contribution in [0.5, 0.6) is 0 Å². The van der Waals surface area contributed by atoms with Crippen molar-refractivity contribution in [2.45, 2.75) is 79.1 Å². The molecule has 3 N–H and O–H groups in total. The second kappa shape index (κ2) is 18.0. The molecular formula is C56H55N4O4+. The molecule has 0 radical (unpaired) electrons. The van der Waals surface area contributed by atoms with Crippen LogP contribution < -0.4 is 20.1 Å². The molecule has 0 aliphatic heterocycles. The van der Waals surface area contributed by atoms with Crippen LogP contribution in [0.25, 0.3) is 5.57 Å². The average molecular weight is 848 g/mol. The first-order chi connectivity index (χ1) is 31.0. The van der Waals surface area contributed by atoms with E-state index in [1.54, 1.807) is 0 Å². The fourth-order valence-corrected chi connectivity index (χ4v) is 9.40. The van der Waals surface area contributed by atoms with Crippen molar-refractivity contribution in [3.63, 3.8) is 0 Å². The number of hydrogen-bond acceptors (Lipinski definition) is 5. The number of hydrogen-bond donors (Lipinski definition) is 3. The van der Waals surface area contributed by atoms with Crippen molar-refractivity contribution in [1.29, 1.82) is 0 Å². The molecule has 4 aliphatic rings. The van der Waals surface area contributed by atoms with Gasteiger partial charge in [0.1, 0.15) is 5.76 Å². The molecule has 2 amide bonds. The van der Waals surface area contributed by atoms with Crippen LogP contribution >= 0.6 is 0 Å². The molecule has 0 saturated heterocycles. The van der Waals surface area contributed by atoms with Gasteiger partial charge in [-0.1, -0.05) is 96.5 Å². The number of aryl methyl sites for hydroxylation is 4. The summed E-state index contributed by atoms with van der Waals surface area (Å²) in [7, 11) is 0. The Kier molecular flexibility index (Phi) is 11.9. The van der Waals surface area contributed by atoms with Gasteiger partial charge in [-0.3, -0.25) is 14.4 Å². The van der Waals surface area contributed by atoms with Crippen molar-refractivity contribution < 1.29 is 19.5 Å². The molecule has 2 fully saturated rings. The highest BCUT2D eigenvalue weighted by atomic mass is 16.3. The van der Waals surface area contributed by atoms with Crippen LogP contribution in [0.3, 0.4) is 0 Å². The minimum Gasteiger partial charge on any atom is -0.506 e. The normalized spacial score (nSPS) is 17.7. The predicted molar refractivity (Wildman–Crippen MR) is 259 cm³/mol. The van der Waals surface area contributed by atoms with E-state index in [1.165, 1.54) is 0 Å². The molecular weight excluding hydrogens is 793 g/mol. The molecule has 9 rings (SSSR count). The van der Waals surface area contributed by atoms with Gasteiger partial charge in [0.05, 0.1) is 22.5 Å². The molecule has 0 atom stereocenters. The number of benzene rings is 5. The van der Waals surface area contributed by atoms with E-state index >= 15 is 0 Å². The van der Waals surface area contributed by atoms with Gasteiger partial charge in [-0.25, -0.2) is 0 Å². The Labute approximate surface area is 376 Å². The summed E-state index contributed by atoms with van der Waals surface area (Å²) in [5.41, 5.74) is 11.9. The molecule has 0 aromatic heterocycles. The van der Waals surface area contributed by atoms with E-state index in [-0.39, 0.29) is 46.3 Å². The van der Waals surface area contributed by atoms with Gasteiger partial charge in [0.2, 0.25) is 34.7 Å². The molecule has 0 unspecified atom stereocenters. The fraction of sp³-hybridized carbons (Fsp3) is 0.250. The first-order valence-corrected chi connectivity index (χ1v) is 22.6. The number of aliphatic hydroxyl groups is 1. The van der Waals surface area contributed by atoms with Crippen molar-refractivity contribution in [2.24, 2.45) is 11.8 Å². The monoisotopic (exact) mass is 847 g/mol. The summed E-state index contributed by atoms with van der Waals surface area (Å²) in [4.78, 5) is 44.6. The number of amides is 2. The highest BCUT2D eigenvalue weighted by Crippen LogP contribution is 2.45. The molecule has 4 aliphatic carbocycles. The van der Waals surface area contributed by atoms with Gasteiger partial charge in [-0.15, -0.1) is 0 Å². The van der Waals surface area contributed by atoms with Crippen molar-refractivity contribution in [1.82, 2.24) is 9.89 Å². The van der Waals surface area contributed by atoms with E-state index < -0.39 is 0 Å². The maximum atomic E-state index is 14.7. The molecule has 5 aromatic carbocycles. The number of allylic oxidation sites excluding steroid dienone is 5. The minimum absolute atomic E-state index is 0.0941. The third-order valence-corrected chi connectivity index (χ3v) is 13.1. The summed E-state index contributed by atoms with van der Waals surface area (Å²) >= 11 is 0. The molecule has 2 saturated carbocycles. The summed E-state index contributed by atoms with van der Waals surface area (Å²) in [5, 5.41) is 18.5. The van der Waals surface area contributed by atoms with Gasteiger partial charge in [0, 0.05) is 76.5 Å². The molecule has 322 valence electrons. The standard InChI is InChI=1S/C56H54N4O4/c1-35-13-21-41(22-14-35)59(42-23-15-36(2)16-24-42)45-29-31-47(49(33-45)57-55(63)39-9-5-6-10-39)51-53(61)52(54(51)62)48-32-30-46(34-50(48)58-56(64)40-11-7-8-12-40)60(43-25-17-37(3)18-26-43)44-27-19-38(4)20-28-44/h13-34,39-40H,5-12H2,1-4H3,(H2,57,58,61,62,63,64)/p+1. The Hall–Kier alpha value is -7.06. The van der Waals surface area contributed by atoms with Crippen molar-refractivity contribution in [3.05, 3.63) is 184 Å². The van der Waals surface area contributed by atoms with Crippen LogP contribution in [0.4, 0.5) is 34.1 Å². The third-order valence-electron chi connectivity index (χ3n) is 13.1. The molecule has 8 heteroatoms. The average Bonchev–Trinajstić information content (AvgIpc) is 4.05. The zero-order chi connectivity index (χ0) is 44.5. The summed E-state index contributed by atoms with van der Waals surface area (Å²) < 4.78 is 2.12. The van der Waals surface area contributed by atoms with Gasteiger partial charge in [-0.05, 0) is 102 Å². The van der Waals surface area contributed by atoms with Gasteiger partial charge in [0.25, 0.3) is 0 Å². The zero-order valence-electron chi connectivity index (χ0n) is 37.1. The number of carbonyl (C=O) groups excluding carboxylic acids is 3. The second-order valence-corrected chi connectivity index (χ2v) is 17.8. The number of nitrogens with one attached hydrogen (secondary N) is 2. The second-order valence-electron chi connectivity index (χ2n) is 17.8. The van der Waals surface area contributed by atoms with Crippen LogP contribution in [-0.2, 0) is 14.4 Å². The van der Waals surface area contributed by atoms with E-state index in [0.717, 1.165) is 108 Å². The maximum absolute atomic E-state index is 14.7. The fourth-order valence-electron chi connectivity index (χ4n) is 9.40. The number of anilines is 4. The van der Waals surface area contributed by atoms with Crippen molar-refractivity contribution >= 4 is 63.0 Å². The van der Waals surface area contributed by atoms with Crippen LogP contribution in [0, 0.1) is 39.5 Å². The molecule has 8 nitrogen and oxygen atoms in total. The van der Waals surface area contributed by atoms with Gasteiger partial charge >= 0.3 is 0 Å². The quantitative estimate of drug-likeness (QED) is 0.0960. The molecule has 0 heterocycles. The number of carbonyl (C=O) groups is 3. The number of rotatable bonds is 10. The zero-order valence-corrected chi connectivity index (χ0v) is 37.1. The summed E-state index contributed by atoms with van der Waals surface area (Å²) in [6.07, 6.45) is 12.9. The van der Waals surface area contributed by atoms with Gasteiger partial charge in [0.15, 0.2) is 0 Å². The summed E-state index contributed by atoms with van der Waals surface area (Å²) in [5.74, 6) is -0.999. The number of aliphatic hydroxyl groups excluding tert-OH is 1. The van der Waals surface area contributed by atoms with Crippen LogP contribution in [0.1, 0.15) is 79.2 Å². The molecule has 5 aromatic rings. The minimum atomic E-state index is -0.367. The van der Waals surface area contributed by atoms with E-state index in [1.807, 2.05) is 36.4 Å². The van der Waals surface area contributed by atoms with E-state index in [2.05, 4.69) is 145 Å². The first kappa shape index (κ1) is 42.3. The molecule has 64 heavy (non-hydrogen) atoms. The van der Waals surface area contributed by atoms with Crippen LogP contribution in [0.2, 0.25) is 0 Å². The highest BCUT2D eigenvalue weighted by molar-refractivity contribution is 6.40. The van der Waals surface area contributed by atoms with Crippen molar-refractivity contribution in [3.8, 4) is 0 Å². The predicted octanol–water partition coefficient (Wildman–Crippen LogP) is 12.4. The lowest BCUT2D eigenvalue weighted by Gasteiger charge is -2.29. The SMILES string of the molecule is Cc1ccc(N(c2ccc(C)cc2)c2ccc(C3=C(O)/C(=C4/C=CC(=[N+](c5ccc(C)cc5)c5ccc(C)cc5)C=C4NC(=O)C4CCCC4)C3=O)c(NC(=O)C3CCCC3)c2)cc1. The van der Waals surface area contributed by atoms with Crippen LogP contribution in [-0.4, -0.2) is 28.4 Å². The lowest BCUT2D eigenvalue weighted by molar-refractivity contribution is -0.124. The number of nitrogens with zero attached hydrogens (tertiary/aromatic N) is 2. The van der Waals surface area contributed by atoms with E-state index in [0.29, 0.717) is 22.5 Å². The lowest BCUT2D eigenvalue weighted by atomic mass is 9.78. The molecule has 0 bridgehead atoms. The first-order valence-electron chi connectivity index (χ1n) is 22.6. The lowest BCUT2D eigenvalue weighted by Crippen LogP contribution is -2.33. The Morgan fingerprint density at radius 2 is 1.03 bits per heavy atom. The van der Waals surface area contributed by atoms with Crippen LogP contribution in [0.15, 0.2) is 156 Å². The highest BCUT2D eigenvalue weighted by Gasteiger charge is 2.40. The Bertz CT molecular complexity index is 2700. The number of Topliss-reactive ketones (excluding diaryl/α,β-unsaturated/α-hetero) is 1. The summed E-state index contributed by atoms with van der Waals surface area (Å²) in [6.45, 7) is 8.22. The van der Waals surface area contributed by atoms with E-state index in [9.17, 15) is 19.5 Å². The Morgan fingerprint density at radius 3 is 1.52 bits per heavy atom. The van der Waals surface area contributed by atoms with E-state index in [4.69, 9.17) is 0 Å². The largest absolute Gasteiger partial charge is 0.506 e. The third kappa shape index (κ3) is 8.52. The Balaban J connectivity index is 1.17. The van der Waals surface area contributed by atoms with Gasteiger partial charge in [-0.2, -0.15) is 4.58 Å². The van der Waals surface area contributed by atoms with Gasteiger partial charge < -0.3 is 20.6 Å². The summed E-state index contributed by atoms with van der Waals surface area (Å²) in [6, 6.07) is 38.8.